The highest BCUT2D eigenvalue weighted by atomic mass is 35.5. The van der Waals surface area contributed by atoms with Crippen LogP contribution in [0.4, 0.5) is 0 Å². The molecule has 0 saturated carbocycles. The predicted molar refractivity (Wildman–Crippen MR) is 131 cm³/mol. The Hall–Kier alpha value is -2.18. The van der Waals surface area contributed by atoms with E-state index in [2.05, 4.69) is 28.7 Å². The number of benzene rings is 1. The minimum absolute atomic E-state index is 0.0313. The number of aliphatic hydroxyl groups is 1. The largest absolute Gasteiger partial charge is 0.492 e. The summed E-state index contributed by atoms with van der Waals surface area (Å²) in [4.78, 5) is 0. The van der Waals surface area contributed by atoms with Crippen LogP contribution in [0.25, 0.3) is 22.8 Å². The van der Waals surface area contributed by atoms with E-state index in [0.717, 1.165) is 37.1 Å². The van der Waals surface area contributed by atoms with Gasteiger partial charge in [0.1, 0.15) is 10.7 Å². The van der Waals surface area contributed by atoms with Crippen LogP contribution in [-0.4, -0.2) is 33.0 Å². The number of hydrazine groups is 1. The second kappa shape index (κ2) is 10.4. The van der Waals surface area contributed by atoms with Gasteiger partial charge in [0.2, 0.25) is 5.88 Å². The molecular formula is C23H25Cl3N4O. The fourth-order valence-electron chi connectivity index (χ4n) is 3.48. The maximum absolute atomic E-state index is 10.9. The van der Waals surface area contributed by atoms with Crippen LogP contribution in [-0.2, 0) is 0 Å². The van der Waals surface area contributed by atoms with Crippen LogP contribution in [0.15, 0.2) is 59.6 Å². The Labute approximate surface area is 197 Å². The van der Waals surface area contributed by atoms with Crippen molar-refractivity contribution >= 4 is 46.4 Å². The number of aliphatic hydroxyl groups excluding tert-OH is 1. The molecule has 3 rings (SSSR count). The molecule has 1 aliphatic heterocycles. The van der Waals surface area contributed by atoms with E-state index in [9.17, 15) is 5.11 Å². The van der Waals surface area contributed by atoms with Crippen LogP contribution >= 0.6 is 34.8 Å². The second-order valence-corrected chi connectivity index (χ2v) is 8.56. The van der Waals surface area contributed by atoms with Crippen LogP contribution in [0.3, 0.4) is 0 Å². The summed E-state index contributed by atoms with van der Waals surface area (Å²) in [6.45, 7) is 11.6. The third-order valence-electron chi connectivity index (χ3n) is 5.05. The molecule has 0 unspecified atom stereocenters. The summed E-state index contributed by atoms with van der Waals surface area (Å²) in [5.74, 6) is -0.258. The summed E-state index contributed by atoms with van der Waals surface area (Å²) < 4.78 is 1.39. The first kappa shape index (κ1) is 23.5. The monoisotopic (exact) mass is 478 g/mol. The number of nitrogens with one attached hydrogen (secondary N) is 1. The van der Waals surface area contributed by atoms with Gasteiger partial charge in [0, 0.05) is 34.3 Å². The second-order valence-electron chi connectivity index (χ2n) is 7.28. The number of hydrogen-bond donors (Lipinski definition) is 2. The zero-order valence-corrected chi connectivity index (χ0v) is 19.6. The van der Waals surface area contributed by atoms with Gasteiger partial charge in [-0.05, 0) is 38.0 Å². The van der Waals surface area contributed by atoms with Crippen LogP contribution < -0.4 is 5.43 Å². The SMILES string of the molecule is C=C/C(Cl)=C\C(Cl)=C(/O)n1nc(C(=C)NN2CCCCC2)c(C)c1-c1ccc(Cl)cc1. The number of halogens is 3. The Morgan fingerprint density at radius 2 is 1.81 bits per heavy atom. The van der Waals surface area contributed by atoms with Gasteiger partial charge in [-0.25, -0.2) is 5.01 Å². The highest BCUT2D eigenvalue weighted by Crippen LogP contribution is 2.32. The molecule has 1 aromatic carbocycles. The van der Waals surface area contributed by atoms with E-state index in [1.165, 1.54) is 23.3 Å². The molecule has 2 aromatic rings. The fourth-order valence-corrected chi connectivity index (χ4v) is 3.97. The van der Waals surface area contributed by atoms with Crippen LogP contribution in [0.5, 0.6) is 0 Å². The molecule has 0 radical (unpaired) electrons. The molecule has 2 N–H and O–H groups in total. The van der Waals surface area contributed by atoms with Gasteiger partial charge in [-0.15, -0.1) is 0 Å². The summed E-state index contributed by atoms with van der Waals surface area (Å²) in [6.07, 6.45) is 6.35. The van der Waals surface area contributed by atoms with E-state index in [4.69, 9.17) is 34.8 Å². The number of aromatic nitrogens is 2. The highest BCUT2D eigenvalue weighted by molar-refractivity contribution is 6.36. The molecule has 1 aromatic heterocycles. The molecule has 0 amide bonds. The standard InChI is InChI=1S/C23H25Cl3N4O/c1-4-18(24)14-20(26)23(31)30-22(17-8-10-19(25)11-9-17)15(2)21(28-30)16(3)27-29-12-6-5-7-13-29/h4,8-11,14,27,31H,1,3,5-7,12-13H2,2H3/b18-14+,23-20+. The van der Waals surface area contributed by atoms with Gasteiger partial charge in [-0.2, -0.15) is 9.78 Å². The zero-order chi connectivity index (χ0) is 22.5. The van der Waals surface area contributed by atoms with E-state index >= 15 is 0 Å². The molecule has 0 spiro atoms. The van der Waals surface area contributed by atoms with E-state index in [0.29, 0.717) is 27.1 Å². The van der Waals surface area contributed by atoms with Gasteiger partial charge in [-0.3, -0.25) is 0 Å². The normalized spacial score (nSPS) is 16.1. The van der Waals surface area contributed by atoms with Gasteiger partial charge in [-0.1, -0.05) is 72.6 Å². The molecule has 0 aliphatic carbocycles. The van der Waals surface area contributed by atoms with Crippen molar-refractivity contribution in [3.05, 3.63) is 75.9 Å². The van der Waals surface area contributed by atoms with Crippen molar-refractivity contribution in [2.75, 3.05) is 13.1 Å². The van der Waals surface area contributed by atoms with E-state index in [-0.39, 0.29) is 10.9 Å². The van der Waals surface area contributed by atoms with Crippen molar-refractivity contribution in [2.45, 2.75) is 26.2 Å². The molecule has 8 heteroatoms. The number of nitrogens with zero attached hydrogens (tertiary/aromatic N) is 3. The molecule has 164 valence electrons. The predicted octanol–water partition coefficient (Wildman–Crippen LogP) is 6.70. The fraction of sp³-hybridized carbons (Fsp3) is 0.261. The third kappa shape index (κ3) is 5.55. The summed E-state index contributed by atoms with van der Waals surface area (Å²) in [5, 5.41) is 18.6. The lowest BCUT2D eigenvalue weighted by Gasteiger charge is -2.28. The van der Waals surface area contributed by atoms with Crippen LogP contribution in [0, 0.1) is 6.92 Å². The number of rotatable bonds is 7. The van der Waals surface area contributed by atoms with E-state index in [1.54, 1.807) is 12.1 Å². The van der Waals surface area contributed by atoms with Crippen molar-refractivity contribution in [1.82, 2.24) is 20.2 Å². The maximum atomic E-state index is 10.9. The average Bonchev–Trinajstić information content (AvgIpc) is 3.11. The Kier molecular flexibility index (Phi) is 7.89. The smallest absolute Gasteiger partial charge is 0.231 e. The lowest BCUT2D eigenvalue weighted by Crippen LogP contribution is -2.40. The highest BCUT2D eigenvalue weighted by Gasteiger charge is 2.22. The Balaban J connectivity index is 2.08. The van der Waals surface area contributed by atoms with E-state index in [1.807, 2.05) is 19.1 Å². The average molecular weight is 480 g/mol. The number of allylic oxidation sites excluding steroid dienone is 4. The Morgan fingerprint density at radius 1 is 1.16 bits per heavy atom. The first-order chi connectivity index (χ1) is 14.8. The third-order valence-corrected chi connectivity index (χ3v) is 5.84. The van der Waals surface area contributed by atoms with Crippen molar-refractivity contribution < 1.29 is 5.11 Å². The molecule has 5 nitrogen and oxygen atoms in total. The summed E-state index contributed by atoms with van der Waals surface area (Å²) in [6, 6.07) is 7.29. The van der Waals surface area contributed by atoms with Gasteiger partial charge in [0.25, 0.3) is 0 Å². The Morgan fingerprint density at radius 3 is 2.42 bits per heavy atom. The molecule has 0 bridgehead atoms. The molecular weight excluding hydrogens is 455 g/mol. The Bertz CT molecular complexity index is 1030. The molecule has 1 saturated heterocycles. The van der Waals surface area contributed by atoms with Crippen molar-refractivity contribution in [1.29, 1.82) is 0 Å². The topological polar surface area (TPSA) is 53.3 Å². The quantitative estimate of drug-likeness (QED) is 0.342. The van der Waals surface area contributed by atoms with Gasteiger partial charge in [0.15, 0.2) is 0 Å². The molecule has 31 heavy (non-hydrogen) atoms. The van der Waals surface area contributed by atoms with Gasteiger partial charge < -0.3 is 10.5 Å². The first-order valence-corrected chi connectivity index (χ1v) is 11.1. The molecule has 2 heterocycles. The number of hydrogen-bond acceptors (Lipinski definition) is 4. The molecule has 0 atom stereocenters. The van der Waals surface area contributed by atoms with Crippen LogP contribution in [0.1, 0.15) is 30.5 Å². The zero-order valence-electron chi connectivity index (χ0n) is 17.3. The lowest BCUT2D eigenvalue weighted by atomic mass is 10.1. The number of piperidine rings is 1. The van der Waals surface area contributed by atoms with Crippen molar-refractivity contribution in [2.24, 2.45) is 0 Å². The molecule has 1 aliphatic rings. The minimum atomic E-state index is -0.258. The summed E-state index contributed by atoms with van der Waals surface area (Å²) in [7, 11) is 0. The summed E-state index contributed by atoms with van der Waals surface area (Å²) in [5.41, 5.74) is 6.96. The van der Waals surface area contributed by atoms with Crippen molar-refractivity contribution in [3.8, 4) is 11.3 Å². The van der Waals surface area contributed by atoms with Gasteiger partial charge >= 0.3 is 0 Å². The van der Waals surface area contributed by atoms with E-state index < -0.39 is 0 Å². The summed E-state index contributed by atoms with van der Waals surface area (Å²) >= 11 is 18.4. The first-order valence-electron chi connectivity index (χ1n) is 9.97. The van der Waals surface area contributed by atoms with Crippen LogP contribution in [0.2, 0.25) is 5.02 Å². The maximum Gasteiger partial charge on any atom is 0.231 e. The van der Waals surface area contributed by atoms with Crippen molar-refractivity contribution in [3.63, 3.8) is 0 Å². The van der Waals surface area contributed by atoms with Gasteiger partial charge in [0.05, 0.1) is 11.4 Å². The molecule has 1 fully saturated rings. The lowest BCUT2D eigenvalue weighted by molar-refractivity contribution is 0.189. The minimum Gasteiger partial charge on any atom is -0.492 e.